The molecular weight excluding hydrogens is 685 g/mol. The molecule has 0 saturated carbocycles. The van der Waals surface area contributed by atoms with Gasteiger partial charge in [0.25, 0.3) is 17.7 Å². The molecule has 3 atom stereocenters. The van der Waals surface area contributed by atoms with Crippen molar-refractivity contribution in [3.05, 3.63) is 91.0 Å². The van der Waals surface area contributed by atoms with E-state index in [1.165, 1.54) is 92.1 Å². The highest BCUT2D eigenvalue weighted by Crippen LogP contribution is 2.51. The molecule has 3 aliphatic heterocycles. The number of unbranched alkanes of at least 4 members (excludes halogenated alkanes) is 14. The van der Waals surface area contributed by atoms with Gasteiger partial charge in [-0.05, 0) is 63.1 Å². The molecule has 0 bridgehead atoms. The van der Waals surface area contributed by atoms with Crippen LogP contribution in [0.15, 0.2) is 106 Å². The van der Waals surface area contributed by atoms with Gasteiger partial charge in [0.2, 0.25) is 0 Å². The van der Waals surface area contributed by atoms with Crippen molar-refractivity contribution in [3.63, 3.8) is 0 Å². The summed E-state index contributed by atoms with van der Waals surface area (Å²) in [6.07, 6.45) is 19.4. The number of anilines is 3. The molecule has 3 aromatic carbocycles. The van der Waals surface area contributed by atoms with E-state index in [4.69, 9.17) is 15.3 Å². The smallest absolute Gasteiger partial charge is 0.261 e. The van der Waals surface area contributed by atoms with Gasteiger partial charge >= 0.3 is 0 Å². The summed E-state index contributed by atoms with van der Waals surface area (Å²) in [4.78, 5) is 44.9. The first-order valence-corrected chi connectivity index (χ1v) is 20.7. The minimum atomic E-state index is -1.67. The largest absolute Gasteiger partial charge is 0.272 e. The van der Waals surface area contributed by atoms with Crippen LogP contribution in [-0.4, -0.2) is 34.9 Å². The predicted molar refractivity (Wildman–Crippen MR) is 224 cm³/mol. The number of carbonyl (C=O) groups is 3. The average Bonchev–Trinajstić information content (AvgIpc) is 3.80. The number of nitrogens with zero attached hydrogens (tertiary/aromatic N) is 6. The first kappa shape index (κ1) is 39.8. The second-order valence-electron chi connectivity index (χ2n) is 15.4. The molecule has 0 saturated heterocycles. The van der Waals surface area contributed by atoms with Crippen LogP contribution in [0.3, 0.4) is 0 Å². The lowest BCUT2D eigenvalue weighted by molar-refractivity contribution is -0.136. The Bertz CT molecular complexity index is 1840. The summed E-state index contributed by atoms with van der Waals surface area (Å²) >= 11 is 0. The summed E-state index contributed by atoms with van der Waals surface area (Å²) in [7, 11) is 0. The molecule has 0 radical (unpaired) electrons. The lowest BCUT2D eigenvalue weighted by atomic mass is 9.60. The highest BCUT2D eigenvalue weighted by Gasteiger charge is 2.68. The Morgan fingerprint density at radius 2 is 0.891 bits per heavy atom. The predicted octanol–water partition coefficient (Wildman–Crippen LogP) is 10.7. The number of rotatable bonds is 21. The number of hydrazone groups is 3. The van der Waals surface area contributed by atoms with Crippen LogP contribution in [0.4, 0.5) is 17.1 Å². The van der Waals surface area contributed by atoms with Crippen LogP contribution in [0.1, 0.15) is 124 Å². The summed E-state index contributed by atoms with van der Waals surface area (Å²) < 4.78 is 0. The van der Waals surface area contributed by atoms with Gasteiger partial charge in [0.05, 0.1) is 28.5 Å². The fourth-order valence-corrected chi connectivity index (χ4v) is 8.61. The van der Waals surface area contributed by atoms with Crippen molar-refractivity contribution >= 4 is 51.9 Å². The normalized spacial score (nSPS) is 21.1. The van der Waals surface area contributed by atoms with Crippen LogP contribution < -0.4 is 15.0 Å². The fraction of sp³-hybridized carbons (Fsp3) is 0.478. The quantitative estimate of drug-likeness (QED) is 0.102. The topological polar surface area (TPSA) is 98.0 Å². The van der Waals surface area contributed by atoms with Crippen molar-refractivity contribution in [1.82, 2.24) is 0 Å². The van der Waals surface area contributed by atoms with E-state index in [-0.39, 0.29) is 11.8 Å². The van der Waals surface area contributed by atoms with Crippen LogP contribution >= 0.6 is 0 Å². The first-order valence-electron chi connectivity index (χ1n) is 20.7. The van der Waals surface area contributed by atoms with Crippen molar-refractivity contribution < 1.29 is 14.4 Å². The van der Waals surface area contributed by atoms with Crippen LogP contribution in [-0.2, 0) is 14.4 Å². The monoisotopic (exact) mass is 742 g/mol. The van der Waals surface area contributed by atoms with E-state index in [2.05, 4.69) is 6.92 Å². The van der Waals surface area contributed by atoms with Crippen molar-refractivity contribution in [3.8, 4) is 0 Å². The molecule has 0 N–H and O–H groups in total. The third kappa shape index (κ3) is 8.66. The van der Waals surface area contributed by atoms with Gasteiger partial charge in [0.15, 0.2) is 0 Å². The van der Waals surface area contributed by atoms with E-state index in [9.17, 15) is 9.59 Å². The highest BCUT2D eigenvalue weighted by atomic mass is 16.2. The Labute approximate surface area is 327 Å². The molecule has 6 rings (SSSR count). The number of carbonyl (C=O) groups excluding carboxylic acids is 3. The summed E-state index contributed by atoms with van der Waals surface area (Å²) in [6.45, 7) is 5.82. The van der Waals surface area contributed by atoms with E-state index in [0.29, 0.717) is 40.6 Å². The van der Waals surface area contributed by atoms with Gasteiger partial charge in [-0.3, -0.25) is 14.4 Å². The number of hydrogen-bond acceptors (Lipinski definition) is 6. The molecule has 0 fully saturated rings. The molecule has 9 heteroatoms. The second-order valence-corrected chi connectivity index (χ2v) is 15.4. The van der Waals surface area contributed by atoms with Gasteiger partial charge in [-0.1, -0.05) is 151 Å². The van der Waals surface area contributed by atoms with Gasteiger partial charge in [0.1, 0.15) is 17.3 Å². The lowest BCUT2D eigenvalue weighted by Crippen LogP contribution is -2.59. The zero-order chi connectivity index (χ0) is 38.6. The van der Waals surface area contributed by atoms with Crippen LogP contribution in [0.2, 0.25) is 0 Å². The van der Waals surface area contributed by atoms with Gasteiger partial charge < -0.3 is 0 Å². The molecule has 0 aromatic heterocycles. The van der Waals surface area contributed by atoms with Crippen molar-refractivity contribution in [2.45, 2.75) is 124 Å². The highest BCUT2D eigenvalue weighted by molar-refractivity contribution is 6.33. The maximum absolute atomic E-state index is 15.3. The zero-order valence-corrected chi connectivity index (χ0v) is 33.0. The van der Waals surface area contributed by atoms with Crippen molar-refractivity contribution in [2.75, 3.05) is 15.0 Å². The Morgan fingerprint density at radius 1 is 0.491 bits per heavy atom. The minimum absolute atomic E-state index is 0.335. The molecule has 3 heterocycles. The van der Waals surface area contributed by atoms with Gasteiger partial charge in [0, 0.05) is 5.71 Å². The van der Waals surface area contributed by atoms with Crippen LogP contribution in [0, 0.1) is 17.3 Å². The molecule has 0 unspecified atom stereocenters. The van der Waals surface area contributed by atoms with E-state index in [1.54, 1.807) is 13.8 Å². The third-order valence-electron chi connectivity index (χ3n) is 11.5. The molecule has 0 spiro atoms. The Kier molecular flexibility index (Phi) is 13.8. The second kappa shape index (κ2) is 19.1. The zero-order valence-electron chi connectivity index (χ0n) is 33.0. The van der Waals surface area contributed by atoms with E-state index < -0.39 is 23.2 Å². The van der Waals surface area contributed by atoms with Crippen molar-refractivity contribution in [1.29, 1.82) is 0 Å². The molecule has 55 heavy (non-hydrogen) atoms. The number of para-hydroxylation sites is 3. The lowest BCUT2D eigenvalue weighted by Gasteiger charge is -2.37. The van der Waals surface area contributed by atoms with Gasteiger partial charge in [-0.2, -0.15) is 20.3 Å². The Morgan fingerprint density at radius 3 is 1.36 bits per heavy atom. The van der Waals surface area contributed by atoms with Crippen LogP contribution in [0.25, 0.3) is 0 Å². The maximum atomic E-state index is 15.3. The number of amides is 3. The van der Waals surface area contributed by atoms with E-state index >= 15 is 4.79 Å². The molecule has 3 aromatic rings. The molecular formula is C46H58N6O3. The summed E-state index contributed by atoms with van der Waals surface area (Å²) in [6, 6.07) is 27.7. The first-order chi connectivity index (χ1) is 26.9. The van der Waals surface area contributed by atoms with Crippen LogP contribution in [0.5, 0.6) is 0 Å². The SMILES string of the molecule is CCCCCCCCCCCCCCCCCC1=NN(c2ccccc2)C(=O)[C@H]1[C@@]1([C@H]2C(=O)N(c3ccccc3)N=C2C)C(=O)N(c2ccccc2)N=C1C. The maximum Gasteiger partial charge on any atom is 0.261 e. The molecule has 3 amide bonds. The summed E-state index contributed by atoms with van der Waals surface area (Å²) in [5, 5.41) is 18.7. The van der Waals surface area contributed by atoms with Gasteiger partial charge in [-0.25, -0.2) is 10.0 Å². The number of benzene rings is 3. The minimum Gasteiger partial charge on any atom is -0.272 e. The summed E-state index contributed by atoms with van der Waals surface area (Å²) in [5.41, 5.74) is 1.59. The van der Waals surface area contributed by atoms with Gasteiger partial charge in [-0.15, -0.1) is 0 Å². The molecule has 0 aliphatic carbocycles. The molecule has 3 aliphatic rings. The standard InChI is InChI=1S/C46H58N6O3/c1-4-5-6-7-8-9-10-11-12-13-14-15-16-17-27-34-40-42(44(54)51(49-40)38-30-23-19-24-31-38)46(36(3)48-52(45(46)55)39-32-25-20-26-33-39)41-35(2)47-50(43(41)53)37-28-21-18-22-29-37/h18-26,28-33,41-42H,4-17,27,34H2,1-3H3/t41-,42+,46-/m1/s1. The average molecular weight is 743 g/mol. The Hall–Kier alpha value is -4.92. The molecule has 290 valence electrons. The molecule has 9 nitrogen and oxygen atoms in total. The van der Waals surface area contributed by atoms with Crippen molar-refractivity contribution in [2.24, 2.45) is 32.6 Å². The Balaban J connectivity index is 1.21. The summed E-state index contributed by atoms with van der Waals surface area (Å²) in [5.74, 6) is -3.22. The van der Waals surface area contributed by atoms with E-state index in [1.807, 2.05) is 91.0 Å². The fourth-order valence-electron chi connectivity index (χ4n) is 8.61. The number of hydrogen-bond donors (Lipinski definition) is 0. The van der Waals surface area contributed by atoms with E-state index in [0.717, 1.165) is 19.3 Å². The third-order valence-corrected chi connectivity index (χ3v) is 11.5.